The number of anilines is 1. The largest absolute Gasteiger partial charge is 0.370 e. The predicted molar refractivity (Wildman–Crippen MR) is 157 cm³/mol. The van der Waals surface area contributed by atoms with Crippen LogP contribution in [0.5, 0.6) is 0 Å². The van der Waals surface area contributed by atoms with Gasteiger partial charge in [0.15, 0.2) is 11.6 Å². The van der Waals surface area contributed by atoms with Crippen LogP contribution in [0.3, 0.4) is 0 Å². The third-order valence-corrected chi connectivity index (χ3v) is 7.99. The highest BCUT2D eigenvalue weighted by molar-refractivity contribution is 7.85. The summed E-state index contributed by atoms with van der Waals surface area (Å²) in [6.07, 6.45) is 4.99. The molecule has 0 radical (unpaired) electrons. The second-order valence-corrected chi connectivity index (χ2v) is 11.5. The molecule has 1 amide bonds. The van der Waals surface area contributed by atoms with E-state index in [1.165, 1.54) is 10.7 Å². The van der Waals surface area contributed by atoms with Crippen molar-refractivity contribution in [1.82, 2.24) is 20.1 Å². The van der Waals surface area contributed by atoms with Crippen LogP contribution in [0.1, 0.15) is 32.6 Å². The lowest BCUT2D eigenvalue weighted by Gasteiger charge is -2.28. The van der Waals surface area contributed by atoms with Crippen LogP contribution in [0.15, 0.2) is 55.0 Å². The van der Waals surface area contributed by atoms with Gasteiger partial charge in [-0.25, -0.2) is 22.8 Å². The number of nitrogens with two attached hydrogens (primary N) is 1. The minimum Gasteiger partial charge on any atom is -0.370 e. The number of nitrogens with zero attached hydrogens (tertiary/aromatic N) is 5. The Morgan fingerprint density at radius 1 is 1.17 bits per heavy atom. The summed E-state index contributed by atoms with van der Waals surface area (Å²) in [4.78, 5) is 17.5. The molecule has 13 heteroatoms. The van der Waals surface area contributed by atoms with E-state index in [1.54, 1.807) is 30.7 Å². The Hall–Kier alpha value is -3.76. The normalized spacial score (nSPS) is 16.7. The lowest BCUT2D eigenvalue weighted by molar-refractivity contribution is -0.128. The zero-order valence-corrected chi connectivity index (χ0v) is 24.3. The molecule has 0 bridgehead atoms. The van der Waals surface area contributed by atoms with Gasteiger partial charge in [-0.3, -0.25) is 9.00 Å². The Kier molecular flexibility index (Phi) is 12.5. The van der Waals surface area contributed by atoms with Crippen molar-refractivity contribution in [3.05, 3.63) is 60.8 Å². The van der Waals surface area contributed by atoms with Crippen molar-refractivity contribution in [3.63, 3.8) is 0 Å². The molecule has 2 aliphatic rings. The Balaban J connectivity index is 0.000000242. The maximum Gasteiger partial charge on any atom is 0.248 e. The van der Waals surface area contributed by atoms with Gasteiger partial charge in [0.1, 0.15) is 6.54 Å². The number of alkyl halides is 2. The molecule has 3 N–H and O–H groups in total. The van der Waals surface area contributed by atoms with E-state index in [4.69, 9.17) is 11.0 Å². The molecule has 0 spiro atoms. The number of amides is 1. The number of nitrogens with one attached hydrogen (secondary N) is 1. The predicted octanol–water partition coefficient (Wildman–Crippen LogP) is 4.06. The number of nitriles is 1. The molecule has 226 valence electrons. The molecule has 1 saturated heterocycles. The van der Waals surface area contributed by atoms with Gasteiger partial charge in [-0.05, 0) is 49.2 Å². The summed E-state index contributed by atoms with van der Waals surface area (Å²) in [5.41, 5.74) is 7.88. The topological polar surface area (TPSA) is 130 Å². The second kappa shape index (κ2) is 16.0. The van der Waals surface area contributed by atoms with Crippen LogP contribution in [0.2, 0.25) is 0 Å². The van der Waals surface area contributed by atoms with Gasteiger partial charge in [-0.1, -0.05) is 19.1 Å². The van der Waals surface area contributed by atoms with E-state index >= 15 is 0 Å². The molecule has 2 aromatic heterocycles. The number of hydrogen-bond donors (Lipinski definition) is 2. The number of carbonyl (C=O) groups is 1. The lowest BCUT2D eigenvalue weighted by Crippen LogP contribution is -2.37. The molecular weight excluding hydrogens is 567 g/mol. The van der Waals surface area contributed by atoms with E-state index in [-0.39, 0.29) is 49.9 Å². The molecule has 42 heavy (non-hydrogen) atoms. The highest BCUT2D eigenvalue weighted by Crippen LogP contribution is 2.36. The van der Waals surface area contributed by atoms with Crippen molar-refractivity contribution in [3.8, 4) is 23.0 Å². The van der Waals surface area contributed by atoms with Crippen LogP contribution in [0.25, 0.3) is 16.9 Å². The number of rotatable bonds is 5. The van der Waals surface area contributed by atoms with Crippen LogP contribution in [-0.2, 0) is 15.6 Å². The van der Waals surface area contributed by atoms with Crippen LogP contribution in [0, 0.1) is 23.1 Å². The average Bonchev–Trinajstić information content (AvgIpc) is 3.48. The van der Waals surface area contributed by atoms with Crippen molar-refractivity contribution in [1.29, 1.82) is 5.26 Å². The average molecular weight is 604 g/mol. The molecule has 2 fully saturated rings. The second-order valence-electron chi connectivity index (χ2n) is 9.78. The third kappa shape index (κ3) is 9.66. The van der Waals surface area contributed by atoms with Crippen molar-refractivity contribution in [2.45, 2.75) is 38.5 Å². The van der Waals surface area contributed by atoms with Crippen molar-refractivity contribution < 1.29 is 22.2 Å². The summed E-state index contributed by atoms with van der Waals surface area (Å²) >= 11 is 0. The van der Waals surface area contributed by atoms with E-state index in [9.17, 15) is 22.2 Å². The van der Waals surface area contributed by atoms with Crippen molar-refractivity contribution in [2.75, 3.05) is 42.6 Å². The minimum atomic E-state index is -2.61. The van der Waals surface area contributed by atoms with E-state index in [0.717, 1.165) is 48.0 Å². The number of carbonyl (C=O) groups excluding carboxylic acids is 1. The summed E-state index contributed by atoms with van der Waals surface area (Å²) in [5.74, 6) is -1.99. The van der Waals surface area contributed by atoms with Gasteiger partial charge in [0.05, 0.1) is 12.3 Å². The van der Waals surface area contributed by atoms with Crippen molar-refractivity contribution >= 4 is 22.4 Å². The summed E-state index contributed by atoms with van der Waals surface area (Å²) in [7, 11) is -0.676. The number of halogens is 3. The van der Waals surface area contributed by atoms with E-state index in [1.807, 2.05) is 19.1 Å². The molecule has 3 aromatic rings. The minimum absolute atomic E-state index is 0.0499. The number of hydrogen-bond acceptors (Lipinski definition) is 7. The lowest BCUT2D eigenvalue weighted by atomic mass is 9.86. The smallest absolute Gasteiger partial charge is 0.248 e. The third-order valence-electron chi connectivity index (χ3n) is 6.71. The van der Waals surface area contributed by atoms with Gasteiger partial charge in [-0.15, -0.1) is 0 Å². The monoisotopic (exact) mass is 603 g/mol. The first-order valence-electron chi connectivity index (χ1n) is 13.8. The van der Waals surface area contributed by atoms with Gasteiger partial charge in [0.2, 0.25) is 11.8 Å². The first-order valence-corrected chi connectivity index (χ1v) is 15.2. The van der Waals surface area contributed by atoms with E-state index in [0.29, 0.717) is 0 Å². The molecule has 0 atom stereocenters. The Morgan fingerprint density at radius 2 is 1.81 bits per heavy atom. The standard InChI is InChI=1S/C18H17FN4OS.C9H12F2N2O.C2H7N/c19-17-2-1-7-20-18(17)23-13-15(12-21-23)14-3-5-16(6-4-14)22-8-10-25(24)11-9-22;10-9(11)3-1-7(2-4-9)8(14)13-6-5-12;1-2-3/h1-7,12-13H,8-11H2;7H,1-4,6H2,(H,13,14);2-3H2,1H3. The highest BCUT2D eigenvalue weighted by atomic mass is 32.2. The molecule has 1 saturated carbocycles. The van der Waals surface area contributed by atoms with Crippen LogP contribution in [0.4, 0.5) is 18.9 Å². The Labute approximate surface area is 246 Å². The fourth-order valence-corrected chi connectivity index (χ4v) is 5.52. The first kappa shape index (κ1) is 32.8. The van der Waals surface area contributed by atoms with Gasteiger partial charge in [0, 0.05) is 77.8 Å². The zero-order chi connectivity index (χ0) is 30.5. The van der Waals surface area contributed by atoms with Gasteiger partial charge >= 0.3 is 0 Å². The molecule has 1 aliphatic heterocycles. The molecule has 3 heterocycles. The van der Waals surface area contributed by atoms with E-state index < -0.39 is 22.5 Å². The number of aromatic nitrogens is 3. The van der Waals surface area contributed by atoms with Crippen LogP contribution >= 0.6 is 0 Å². The summed E-state index contributed by atoms with van der Waals surface area (Å²) in [5, 5.41) is 14.8. The first-order chi connectivity index (χ1) is 20.2. The Bertz CT molecular complexity index is 1340. The molecule has 9 nitrogen and oxygen atoms in total. The maximum absolute atomic E-state index is 13.8. The quantitative estimate of drug-likeness (QED) is 0.421. The summed E-state index contributed by atoms with van der Waals surface area (Å²) < 4.78 is 52.1. The number of pyridine rings is 1. The number of benzene rings is 1. The van der Waals surface area contributed by atoms with Crippen molar-refractivity contribution in [2.24, 2.45) is 11.7 Å². The summed E-state index contributed by atoms with van der Waals surface area (Å²) in [6, 6.07) is 12.9. The SMILES string of the molecule is CCN.N#CCNC(=O)C1CCC(F)(F)CC1.O=S1CCN(c2ccc(-c3cnn(-c4ncccc4F)c3)cc2)CC1. The van der Waals surface area contributed by atoms with Crippen LogP contribution in [-0.4, -0.2) is 68.5 Å². The fraction of sp³-hybridized carbons (Fsp3) is 0.448. The van der Waals surface area contributed by atoms with Gasteiger partial charge in [-0.2, -0.15) is 10.4 Å². The molecule has 5 rings (SSSR count). The highest BCUT2D eigenvalue weighted by Gasteiger charge is 2.37. The maximum atomic E-state index is 13.8. The molecular formula is C29H36F3N7O2S. The van der Waals surface area contributed by atoms with E-state index in [2.05, 4.69) is 32.4 Å². The zero-order valence-electron chi connectivity index (χ0n) is 23.5. The van der Waals surface area contributed by atoms with Gasteiger partial charge in [0.25, 0.3) is 0 Å². The Morgan fingerprint density at radius 3 is 2.40 bits per heavy atom. The fourth-order valence-electron chi connectivity index (χ4n) is 4.47. The molecule has 1 aromatic carbocycles. The van der Waals surface area contributed by atoms with Gasteiger partial charge < -0.3 is 16.0 Å². The van der Waals surface area contributed by atoms with Crippen LogP contribution < -0.4 is 16.0 Å². The molecule has 0 unspecified atom stereocenters. The molecule has 1 aliphatic carbocycles. The summed E-state index contributed by atoms with van der Waals surface area (Å²) in [6.45, 7) is 4.25.